The summed E-state index contributed by atoms with van der Waals surface area (Å²) in [6, 6.07) is 8.63. The van der Waals surface area contributed by atoms with Gasteiger partial charge >= 0.3 is 0 Å². The monoisotopic (exact) mass is 162 g/mol. The van der Waals surface area contributed by atoms with Gasteiger partial charge < -0.3 is 0 Å². The van der Waals surface area contributed by atoms with E-state index in [0.717, 1.165) is 0 Å². The molecule has 1 heteroatoms. The first-order valence-electron chi connectivity index (χ1n) is 3.86. The van der Waals surface area contributed by atoms with Crippen molar-refractivity contribution in [2.75, 3.05) is 0 Å². The van der Waals surface area contributed by atoms with E-state index in [9.17, 15) is 0 Å². The largest absolute Gasteiger partial charge is 0.0981 e. The maximum Gasteiger partial charge on any atom is 0.0148 e. The van der Waals surface area contributed by atoms with Gasteiger partial charge in [-0.3, -0.25) is 0 Å². The van der Waals surface area contributed by atoms with Crippen LogP contribution in [-0.4, -0.2) is 0 Å². The van der Waals surface area contributed by atoms with Gasteiger partial charge in [0.15, 0.2) is 0 Å². The third-order valence-corrected chi connectivity index (χ3v) is 2.82. The van der Waals surface area contributed by atoms with Gasteiger partial charge in [0.1, 0.15) is 0 Å². The van der Waals surface area contributed by atoms with Crippen molar-refractivity contribution < 1.29 is 0 Å². The quantitative estimate of drug-likeness (QED) is 0.564. The molecule has 0 fully saturated rings. The highest BCUT2D eigenvalue weighted by atomic mass is 32.2. The Hall–Kier alpha value is -0.690. The smallest absolute Gasteiger partial charge is 0.0148 e. The molecule has 56 valence electrons. The van der Waals surface area contributed by atoms with Crippen molar-refractivity contribution in [1.82, 2.24) is 0 Å². The van der Waals surface area contributed by atoms with E-state index < -0.39 is 0 Å². The highest BCUT2D eigenvalue weighted by Gasteiger charge is 2.01. The van der Waals surface area contributed by atoms with Gasteiger partial charge in [0.2, 0.25) is 0 Å². The van der Waals surface area contributed by atoms with Crippen LogP contribution in [0.1, 0.15) is 12.0 Å². The standard InChI is InChI=1S/C10H10S/c1-2-7-10-9(5-1)6-3-4-8-11-10/h1-2,4-5,7-8H,3,6H2. The molecule has 0 atom stereocenters. The van der Waals surface area contributed by atoms with E-state index in [1.54, 1.807) is 0 Å². The third-order valence-electron chi connectivity index (χ3n) is 1.84. The zero-order chi connectivity index (χ0) is 7.52. The molecule has 1 heterocycles. The van der Waals surface area contributed by atoms with Gasteiger partial charge in [-0.1, -0.05) is 36.0 Å². The van der Waals surface area contributed by atoms with E-state index in [0.29, 0.717) is 0 Å². The van der Waals surface area contributed by atoms with Crippen LogP contribution in [0.15, 0.2) is 40.6 Å². The van der Waals surface area contributed by atoms with Crippen molar-refractivity contribution in [3.05, 3.63) is 41.3 Å². The molecule has 1 aliphatic heterocycles. The number of allylic oxidation sites excluding steroid dienone is 1. The fourth-order valence-corrected chi connectivity index (χ4v) is 2.11. The van der Waals surface area contributed by atoms with Crippen molar-refractivity contribution in [3.8, 4) is 0 Å². The minimum absolute atomic E-state index is 1.18. The third kappa shape index (κ3) is 1.48. The fourth-order valence-electron chi connectivity index (χ4n) is 1.25. The van der Waals surface area contributed by atoms with Crippen LogP contribution in [0.3, 0.4) is 0 Å². The van der Waals surface area contributed by atoms with Crippen LogP contribution in [-0.2, 0) is 6.42 Å². The van der Waals surface area contributed by atoms with E-state index in [-0.39, 0.29) is 0 Å². The summed E-state index contributed by atoms with van der Waals surface area (Å²) in [6.07, 6.45) is 4.62. The Morgan fingerprint density at radius 3 is 3.09 bits per heavy atom. The number of benzene rings is 1. The molecule has 1 aromatic carbocycles. The number of thioether (sulfide) groups is 1. The number of hydrogen-bond donors (Lipinski definition) is 0. The summed E-state index contributed by atoms with van der Waals surface area (Å²) in [5, 5.41) is 2.19. The lowest BCUT2D eigenvalue weighted by molar-refractivity contribution is 0.978. The van der Waals surface area contributed by atoms with Gasteiger partial charge in [-0.15, -0.1) is 0 Å². The van der Waals surface area contributed by atoms with Gasteiger partial charge in [0.25, 0.3) is 0 Å². The maximum absolute atomic E-state index is 2.24. The average molecular weight is 162 g/mol. The predicted octanol–water partition coefficient (Wildman–Crippen LogP) is 3.24. The molecule has 0 radical (unpaired) electrons. The number of rotatable bonds is 0. The molecule has 11 heavy (non-hydrogen) atoms. The zero-order valence-corrected chi connectivity index (χ0v) is 7.10. The number of fused-ring (bicyclic) bond motifs is 1. The molecule has 0 aromatic heterocycles. The summed E-state index contributed by atoms with van der Waals surface area (Å²) < 4.78 is 0. The highest BCUT2D eigenvalue weighted by Crippen LogP contribution is 2.27. The van der Waals surface area contributed by atoms with Crippen LogP contribution < -0.4 is 0 Å². The van der Waals surface area contributed by atoms with Crippen LogP contribution in [0.2, 0.25) is 0 Å². The van der Waals surface area contributed by atoms with Crippen LogP contribution in [0.4, 0.5) is 0 Å². The molecule has 0 spiro atoms. The second-order valence-corrected chi connectivity index (χ2v) is 3.58. The predicted molar refractivity (Wildman–Crippen MR) is 49.8 cm³/mol. The van der Waals surface area contributed by atoms with Gasteiger partial charge in [-0.25, -0.2) is 0 Å². The average Bonchev–Trinajstić information content (AvgIpc) is 2.28. The van der Waals surface area contributed by atoms with E-state index >= 15 is 0 Å². The molecule has 0 unspecified atom stereocenters. The van der Waals surface area contributed by atoms with Gasteiger partial charge in [-0.2, -0.15) is 0 Å². The molecular weight excluding hydrogens is 152 g/mol. The summed E-state index contributed by atoms with van der Waals surface area (Å²) in [7, 11) is 0. The molecule has 2 rings (SSSR count). The molecule has 0 amide bonds. The highest BCUT2D eigenvalue weighted by molar-refractivity contribution is 8.02. The van der Waals surface area contributed by atoms with Crippen LogP contribution in [0, 0.1) is 0 Å². The van der Waals surface area contributed by atoms with Crippen LogP contribution >= 0.6 is 11.8 Å². The second kappa shape index (κ2) is 3.14. The molecule has 0 aliphatic carbocycles. The molecule has 0 bridgehead atoms. The van der Waals surface area contributed by atoms with Crippen molar-refractivity contribution in [2.45, 2.75) is 17.7 Å². The number of aryl methyl sites for hydroxylation is 1. The Morgan fingerprint density at radius 1 is 1.18 bits per heavy atom. The lowest BCUT2D eigenvalue weighted by Gasteiger charge is -2.01. The minimum atomic E-state index is 1.18. The SMILES string of the molecule is C1=CSc2ccccc2CC1. The topological polar surface area (TPSA) is 0 Å². The van der Waals surface area contributed by atoms with Gasteiger partial charge in [-0.05, 0) is 29.9 Å². The molecule has 0 saturated carbocycles. The first kappa shape index (κ1) is 6.99. The second-order valence-electron chi connectivity index (χ2n) is 2.64. The molecule has 0 saturated heterocycles. The van der Waals surface area contributed by atoms with E-state index in [2.05, 4.69) is 35.7 Å². The Labute approximate surface area is 71.3 Å². The normalized spacial score (nSPS) is 15.6. The van der Waals surface area contributed by atoms with E-state index in [4.69, 9.17) is 0 Å². The van der Waals surface area contributed by atoms with Crippen LogP contribution in [0.5, 0.6) is 0 Å². The summed E-state index contributed by atoms with van der Waals surface area (Å²) in [6.45, 7) is 0. The Balaban J connectivity index is 2.40. The summed E-state index contributed by atoms with van der Waals surface area (Å²) in [5.41, 5.74) is 1.49. The Kier molecular flexibility index (Phi) is 1.99. The molecular formula is C10H10S. The van der Waals surface area contributed by atoms with E-state index in [1.807, 2.05) is 11.8 Å². The summed E-state index contributed by atoms with van der Waals surface area (Å²) >= 11 is 1.83. The zero-order valence-electron chi connectivity index (χ0n) is 6.29. The lowest BCUT2D eigenvalue weighted by atomic mass is 10.1. The Bertz CT molecular complexity index is 276. The van der Waals surface area contributed by atoms with Gasteiger partial charge in [0.05, 0.1) is 0 Å². The van der Waals surface area contributed by atoms with Crippen molar-refractivity contribution in [3.63, 3.8) is 0 Å². The molecule has 0 nitrogen and oxygen atoms in total. The molecule has 1 aromatic rings. The van der Waals surface area contributed by atoms with Crippen molar-refractivity contribution in [1.29, 1.82) is 0 Å². The van der Waals surface area contributed by atoms with Gasteiger partial charge in [0, 0.05) is 4.90 Å². The fraction of sp³-hybridized carbons (Fsp3) is 0.200. The van der Waals surface area contributed by atoms with Crippen LogP contribution in [0.25, 0.3) is 0 Å². The van der Waals surface area contributed by atoms with E-state index in [1.165, 1.54) is 23.3 Å². The van der Waals surface area contributed by atoms with Crippen molar-refractivity contribution >= 4 is 11.8 Å². The summed E-state index contributed by atoms with van der Waals surface area (Å²) in [4.78, 5) is 1.42. The first-order chi connectivity index (χ1) is 5.47. The maximum atomic E-state index is 2.24. The summed E-state index contributed by atoms with van der Waals surface area (Å²) in [5.74, 6) is 0. The minimum Gasteiger partial charge on any atom is -0.0981 e. The Morgan fingerprint density at radius 2 is 2.09 bits per heavy atom. The first-order valence-corrected chi connectivity index (χ1v) is 4.74. The lowest BCUT2D eigenvalue weighted by Crippen LogP contribution is -1.83. The molecule has 0 N–H and O–H groups in total. The molecule has 1 aliphatic rings. The van der Waals surface area contributed by atoms with Crippen molar-refractivity contribution in [2.24, 2.45) is 0 Å². The number of hydrogen-bond acceptors (Lipinski definition) is 1.